The molecule has 2 heterocycles. The van der Waals surface area contributed by atoms with E-state index in [1.807, 2.05) is 42.8 Å². The van der Waals surface area contributed by atoms with Crippen LogP contribution in [0.15, 0.2) is 41.9 Å². The number of rotatable bonds is 4. The van der Waals surface area contributed by atoms with Crippen molar-refractivity contribution in [2.24, 2.45) is 0 Å². The monoisotopic (exact) mass is 317 g/mol. The van der Waals surface area contributed by atoms with Gasteiger partial charge in [-0.25, -0.2) is 4.98 Å². The van der Waals surface area contributed by atoms with Crippen LogP contribution in [0, 0.1) is 0 Å². The summed E-state index contributed by atoms with van der Waals surface area (Å²) in [6.07, 6.45) is 2.23. The number of aromatic nitrogens is 1. The summed E-state index contributed by atoms with van der Waals surface area (Å²) in [4.78, 5) is 19.1. The molecule has 0 aliphatic carbocycles. The lowest BCUT2D eigenvalue weighted by atomic mass is 9.91. The fourth-order valence-electron chi connectivity index (χ4n) is 2.70. The molecule has 6 heteroatoms. The van der Waals surface area contributed by atoms with Crippen LogP contribution in [-0.4, -0.2) is 48.1 Å². The normalized spacial score (nSPS) is 22.4. The van der Waals surface area contributed by atoms with Crippen LogP contribution in [0.2, 0.25) is 0 Å². The van der Waals surface area contributed by atoms with Crippen molar-refractivity contribution in [1.82, 2.24) is 9.88 Å². The molecule has 22 heavy (non-hydrogen) atoms. The smallest absolute Gasteiger partial charge is 0.260 e. The van der Waals surface area contributed by atoms with Crippen LogP contribution >= 0.6 is 11.3 Å². The molecule has 1 fully saturated rings. The molecule has 1 saturated heterocycles. The van der Waals surface area contributed by atoms with Gasteiger partial charge in [0, 0.05) is 31.1 Å². The lowest BCUT2D eigenvalue weighted by molar-refractivity contribution is -0.153. The van der Waals surface area contributed by atoms with Gasteiger partial charge in [-0.15, -0.1) is 11.3 Å². The number of carbonyl (C=O) groups is 1. The third kappa shape index (κ3) is 3.35. The molecule has 116 valence electrons. The molecule has 2 aromatic rings. The summed E-state index contributed by atoms with van der Waals surface area (Å²) < 4.78 is 5.97. The van der Waals surface area contributed by atoms with E-state index in [0.29, 0.717) is 24.7 Å². The molecular weight excluding hydrogens is 298 g/mol. The molecule has 1 aliphatic heterocycles. The van der Waals surface area contributed by atoms with Crippen LogP contribution < -0.4 is 5.32 Å². The Labute approximate surface area is 133 Å². The lowest BCUT2D eigenvalue weighted by Crippen LogP contribution is -2.58. The van der Waals surface area contributed by atoms with Gasteiger partial charge in [0.15, 0.2) is 10.7 Å². The average molecular weight is 317 g/mol. The van der Waals surface area contributed by atoms with Crippen molar-refractivity contribution in [1.29, 1.82) is 0 Å². The van der Waals surface area contributed by atoms with Gasteiger partial charge >= 0.3 is 0 Å². The van der Waals surface area contributed by atoms with E-state index in [-0.39, 0.29) is 5.91 Å². The molecule has 0 radical (unpaired) electrons. The van der Waals surface area contributed by atoms with E-state index in [1.165, 1.54) is 11.3 Å². The van der Waals surface area contributed by atoms with Gasteiger partial charge in [-0.2, -0.15) is 0 Å². The molecule has 1 N–H and O–H groups in total. The van der Waals surface area contributed by atoms with Crippen LogP contribution in [0.25, 0.3) is 0 Å². The largest absolute Gasteiger partial charge is 0.362 e. The first-order chi connectivity index (χ1) is 10.7. The van der Waals surface area contributed by atoms with Crippen molar-refractivity contribution >= 4 is 22.4 Å². The number of hydrogen-bond acceptors (Lipinski definition) is 5. The second-order valence-electron chi connectivity index (χ2n) is 5.53. The van der Waals surface area contributed by atoms with Gasteiger partial charge in [-0.05, 0) is 12.6 Å². The summed E-state index contributed by atoms with van der Waals surface area (Å²) in [5.41, 5.74) is 0.215. The Hall–Kier alpha value is -1.76. The number of benzene rings is 1. The van der Waals surface area contributed by atoms with Crippen LogP contribution in [0.4, 0.5) is 5.13 Å². The molecule has 0 spiro atoms. The summed E-state index contributed by atoms with van der Waals surface area (Å²) in [6, 6.07) is 9.98. The molecule has 3 rings (SSSR count). The summed E-state index contributed by atoms with van der Waals surface area (Å²) in [5.74, 6) is -0.127. The molecule has 1 atom stereocenters. The van der Waals surface area contributed by atoms with E-state index in [2.05, 4.69) is 15.2 Å². The van der Waals surface area contributed by atoms with E-state index in [0.717, 1.165) is 12.1 Å². The standard InChI is InChI=1S/C16H19N3O2S/c1-19-8-9-21-16(12-19,11-13-5-3-2-4-6-13)14(20)18-15-17-7-10-22-15/h2-7,10H,8-9,11-12H2,1H3,(H,17,18,20)/t16-/m0/s1. The molecular formula is C16H19N3O2S. The van der Waals surface area contributed by atoms with Crippen molar-refractivity contribution in [3.8, 4) is 0 Å². The van der Waals surface area contributed by atoms with Crippen molar-refractivity contribution in [3.05, 3.63) is 47.5 Å². The van der Waals surface area contributed by atoms with Crippen LogP contribution in [0.1, 0.15) is 5.56 Å². The second kappa shape index (κ2) is 6.56. The quantitative estimate of drug-likeness (QED) is 0.937. The number of nitrogens with one attached hydrogen (secondary N) is 1. The summed E-state index contributed by atoms with van der Waals surface area (Å²) in [7, 11) is 2.01. The van der Waals surface area contributed by atoms with Gasteiger partial charge in [0.05, 0.1) is 6.61 Å². The number of morpholine rings is 1. The molecule has 1 aromatic heterocycles. The van der Waals surface area contributed by atoms with Crippen LogP contribution in [-0.2, 0) is 16.0 Å². The summed E-state index contributed by atoms with van der Waals surface area (Å²) in [5, 5.41) is 5.34. The fourth-order valence-corrected chi connectivity index (χ4v) is 3.23. The Balaban J connectivity index is 1.83. The maximum atomic E-state index is 12.8. The lowest BCUT2D eigenvalue weighted by Gasteiger charge is -2.40. The van der Waals surface area contributed by atoms with Crippen molar-refractivity contribution in [2.75, 3.05) is 32.1 Å². The summed E-state index contributed by atoms with van der Waals surface area (Å²) in [6.45, 7) is 1.95. The second-order valence-corrected chi connectivity index (χ2v) is 6.43. The number of anilines is 1. The van der Waals surface area contributed by atoms with E-state index in [4.69, 9.17) is 4.74 Å². The highest BCUT2D eigenvalue weighted by molar-refractivity contribution is 7.13. The van der Waals surface area contributed by atoms with Gasteiger partial charge in [0.2, 0.25) is 0 Å². The van der Waals surface area contributed by atoms with Gasteiger partial charge < -0.3 is 9.64 Å². The minimum absolute atomic E-state index is 0.127. The minimum atomic E-state index is -0.875. The molecule has 5 nitrogen and oxygen atoms in total. The predicted molar refractivity (Wildman–Crippen MR) is 87.1 cm³/mol. The Morgan fingerprint density at radius 2 is 2.27 bits per heavy atom. The first kappa shape index (κ1) is 15.1. The minimum Gasteiger partial charge on any atom is -0.362 e. The molecule has 1 aliphatic rings. The Morgan fingerprint density at radius 3 is 2.95 bits per heavy atom. The van der Waals surface area contributed by atoms with Crippen molar-refractivity contribution < 1.29 is 9.53 Å². The maximum Gasteiger partial charge on any atom is 0.260 e. The zero-order chi connectivity index (χ0) is 15.4. The number of hydrogen-bond donors (Lipinski definition) is 1. The average Bonchev–Trinajstić information content (AvgIpc) is 3.01. The zero-order valence-electron chi connectivity index (χ0n) is 12.5. The van der Waals surface area contributed by atoms with Gasteiger partial charge in [-0.3, -0.25) is 10.1 Å². The Kier molecular flexibility index (Phi) is 4.52. The van der Waals surface area contributed by atoms with Crippen molar-refractivity contribution in [3.63, 3.8) is 0 Å². The fraction of sp³-hybridized carbons (Fsp3) is 0.375. The van der Waals surface area contributed by atoms with E-state index < -0.39 is 5.60 Å². The zero-order valence-corrected chi connectivity index (χ0v) is 13.3. The Bertz CT molecular complexity index is 618. The highest BCUT2D eigenvalue weighted by Gasteiger charge is 2.43. The molecule has 0 bridgehead atoms. The van der Waals surface area contributed by atoms with Crippen LogP contribution in [0.3, 0.4) is 0 Å². The first-order valence-corrected chi connectivity index (χ1v) is 8.13. The number of likely N-dealkylation sites (N-methyl/N-ethyl adjacent to an activating group) is 1. The number of carbonyl (C=O) groups excluding carboxylic acids is 1. The topological polar surface area (TPSA) is 54.5 Å². The maximum absolute atomic E-state index is 12.8. The number of thiazole rings is 1. The van der Waals surface area contributed by atoms with Crippen LogP contribution in [0.5, 0.6) is 0 Å². The van der Waals surface area contributed by atoms with Gasteiger partial charge in [0.25, 0.3) is 5.91 Å². The SMILES string of the molecule is CN1CCO[C@](Cc2ccccc2)(C(=O)Nc2nccs2)C1. The van der Waals surface area contributed by atoms with E-state index >= 15 is 0 Å². The Morgan fingerprint density at radius 1 is 1.45 bits per heavy atom. The number of ether oxygens (including phenoxy) is 1. The van der Waals surface area contributed by atoms with E-state index in [1.54, 1.807) is 6.20 Å². The highest BCUT2D eigenvalue weighted by Crippen LogP contribution is 2.25. The van der Waals surface area contributed by atoms with Crippen molar-refractivity contribution in [2.45, 2.75) is 12.0 Å². The highest BCUT2D eigenvalue weighted by atomic mass is 32.1. The van der Waals surface area contributed by atoms with E-state index in [9.17, 15) is 4.79 Å². The molecule has 1 aromatic carbocycles. The third-order valence-electron chi connectivity index (χ3n) is 3.78. The molecule has 1 amide bonds. The summed E-state index contributed by atoms with van der Waals surface area (Å²) >= 11 is 1.41. The molecule has 0 saturated carbocycles. The predicted octanol–water partition coefficient (Wildman–Crippen LogP) is 2.03. The van der Waals surface area contributed by atoms with Gasteiger partial charge in [-0.1, -0.05) is 30.3 Å². The third-order valence-corrected chi connectivity index (χ3v) is 4.46. The van der Waals surface area contributed by atoms with Gasteiger partial charge in [0.1, 0.15) is 0 Å². The first-order valence-electron chi connectivity index (χ1n) is 7.25. The molecule has 0 unspecified atom stereocenters. The number of amides is 1. The number of nitrogens with zero attached hydrogens (tertiary/aromatic N) is 2.